The van der Waals surface area contributed by atoms with E-state index >= 15 is 0 Å². The molecule has 0 aliphatic carbocycles. The summed E-state index contributed by atoms with van der Waals surface area (Å²) in [6.45, 7) is 5.43. The van der Waals surface area contributed by atoms with Gasteiger partial charge in [-0.1, -0.05) is 30.9 Å². The highest BCUT2D eigenvalue weighted by molar-refractivity contribution is 6.17. The van der Waals surface area contributed by atoms with Crippen LogP contribution in [0.4, 0.5) is 0 Å². The second-order valence-electron chi connectivity index (χ2n) is 3.03. The minimum Gasteiger partial charge on any atom is -0.345 e. The van der Waals surface area contributed by atoms with Gasteiger partial charge >= 0.3 is 0 Å². The molecule has 3 heteroatoms. The average Bonchev–Trinajstić information content (AvgIpc) is 2.23. The van der Waals surface area contributed by atoms with Crippen molar-refractivity contribution in [3.8, 4) is 0 Å². The molecule has 3 nitrogen and oxygen atoms in total. The molecule has 1 N–H and O–H groups in total. The van der Waals surface area contributed by atoms with E-state index in [-0.39, 0.29) is 18.2 Å². The van der Waals surface area contributed by atoms with Gasteiger partial charge in [0.15, 0.2) is 5.78 Å². The Bertz CT molecular complexity index is 386. The second kappa shape index (κ2) is 5.10. The van der Waals surface area contributed by atoms with Gasteiger partial charge in [-0.05, 0) is 13.0 Å². The fourth-order valence-corrected chi connectivity index (χ4v) is 1.28. The van der Waals surface area contributed by atoms with Gasteiger partial charge in [-0.3, -0.25) is 9.59 Å². The van der Waals surface area contributed by atoms with Crippen molar-refractivity contribution in [1.29, 1.82) is 0 Å². The molecule has 0 bridgehead atoms. The molecule has 0 aromatic rings. The Morgan fingerprint density at radius 3 is 2.60 bits per heavy atom. The van der Waals surface area contributed by atoms with Gasteiger partial charge in [0.25, 0.3) is 5.91 Å². The van der Waals surface area contributed by atoms with Crippen molar-refractivity contribution >= 4 is 11.7 Å². The lowest BCUT2D eigenvalue weighted by molar-refractivity contribution is -0.123. The van der Waals surface area contributed by atoms with Crippen molar-refractivity contribution in [2.24, 2.45) is 0 Å². The van der Waals surface area contributed by atoms with Crippen LogP contribution in [0.2, 0.25) is 0 Å². The van der Waals surface area contributed by atoms with Gasteiger partial charge in [-0.15, -0.1) is 0 Å². The molecule has 1 aliphatic heterocycles. The quantitative estimate of drug-likeness (QED) is 0.687. The van der Waals surface area contributed by atoms with Crippen LogP contribution in [0.5, 0.6) is 0 Å². The third kappa shape index (κ3) is 2.53. The Morgan fingerprint density at radius 1 is 1.27 bits per heavy atom. The monoisotopic (exact) mass is 203 g/mol. The summed E-state index contributed by atoms with van der Waals surface area (Å²) in [7, 11) is 0. The molecule has 0 radical (unpaired) electrons. The van der Waals surface area contributed by atoms with Crippen LogP contribution in [0.1, 0.15) is 6.92 Å². The van der Waals surface area contributed by atoms with Crippen molar-refractivity contribution < 1.29 is 9.59 Å². The van der Waals surface area contributed by atoms with Gasteiger partial charge in [0.05, 0.1) is 12.1 Å². The Balaban J connectivity index is 3.15. The van der Waals surface area contributed by atoms with Gasteiger partial charge in [0.2, 0.25) is 0 Å². The number of nitrogens with one attached hydrogen (secondary N) is 1. The lowest BCUT2D eigenvalue weighted by Gasteiger charge is -2.16. The number of carbonyl (C=O) groups excluding carboxylic acids is 2. The molecule has 0 saturated carbocycles. The zero-order valence-electron chi connectivity index (χ0n) is 8.62. The second-order valence-corrected chi connectivity index (χ2v) is 3.03. The lowest BCUT2D eigenvalue weighted by Crippen LogP contribution is -2.38. The molecule has 1 amide bonds. The van der Waals surface area contributed by atoms with E-state index in [1.54, 1.807) is 24.3 Å². The number of ketones is 1. The fraction of sp³-hybridized carbons (Fsp3) is 0.167. The minimum atomic E-state index is -0.231. The first kappa shape index (κ1) is 11.2. The summed E-state index contributed by atoms with van der Waals surface area (Å²) in [5, 5.41) is 2.50. The van der Waals surface area contributed by atoms with Crippen LogP contribution < -0.4 is 5.32 Å². The molecule has 1 rings (SSSR count). The maximum atomic E-state index is 11.5. The van der Waals surface area contributed by atoms with Crippen LogP contribution in [-0.2, 0) is 9.59 Å². The maximum Gasteiger partial charge on any atom is 0.252 e. The van der Waals surface area contributed by atoms with Crippen LogP contribution in [0.25, 0.3) is 0 Å². The SMILES string of the molecule is C=C/C=C1/C(=O)NCC(=O)/C1=C/C=C\C. The van der Waals surface area contributed by atoms with Crippen LogP contribution in [0, 0.1) is 0 Å². The number of Topliss-reactive ketones (excluding diaryl/α,β-unsaturated/α-hetero) is 1. The van der Waals surface area contributed by atoms with E-state index in [2.05, 4.69) is 11.9 Å². The van der Waals surface area contributed by atoms with Gasteiger partial charge in [0.1, 0.15) is 0 Å². The van der Waals surface area contributed by atoms with E-state index in [1.807, 2.05) is 6.92 Å². The van der Waals surface area contributed by atoms with Crippen molar-refractivity contribution in [3.63, 3.8) is 0 Å². The van der Waals surface area contributed by atoms with Crippen LogP contribution in [0.3, 0.4) is 0 Å². The average molecular weight is 203 g/mol. The summed E-state index contributed by atoms with van der Waals surface area (Å²) >= 11 is 0. The van der Waals surface area contributed by atoms with Crippen molar-refractivity contribution in [1.82, 2.24) is 5.32 Å². The number of hydrogen-bond acceptors (Lipinski definition) is 2. The van der Waals surface area contributed by atoms with Gasteiger partial charge in [-0.2, -0.15) is 0 Å². The Hall–Kier alpha value is -1.90. The third-order valence-electron chi connectivity index (χ3n) is 1.98. The van der Waals surface area contributed by atoms with E-state index in [0.29, 0.717) is 11.1 Å². The highest BCUT2D eigenvalue weighted by atomic mass is 16.2. The van der Waals surface area contributed by atoms with Crippen LogP contribution in [0.15, 0.2) is 48.1 Å². The highest BCUT2D eigenvalue weighted by Gasteiger charge is 2.25. The summed E-state index contributed by atoms with van der Waals surface area (Å²) in [5.41, 5.74) is 0.816. The normalized spacial score (nSPS) is 22.5. The van der Waals surface area contributed by atoms with Crippen molar-refractivity contribution in [2.45, 2.75) is 6.92 Å². The van der Waals surface area contributed by atoms with E-state index in [1.165, 1.54) is 6.08 Å². The molecular weight excluding hydrogens is 190 g/mol. The standard InChI is InChI=1S/C12H13NO2/c1-3-5-7-9-10(6-4-2)12(15)13-8-11(9)14/h3-7H,2,8H2,1H3,(H,13,15)/b5-3-,9-7+,10-6+. The van der Waals surface area contributed by atoms with Crippen molar-refractivity contribution in [2.75, 3.05) is 6.54 Å². The number of carbonyl (C=O) groups is 2. The zero-order chi connectivity index (χ0) is 11.3. The molecule has 0 aromatic carbocycles. The van der Waals surface area contributed by atoms with E-state index in [0.717, 1.165) is 0 Å². The number of allylic oxidation sites excluding steroid dienone is 5. The molecule has 78 valence electrons. The Morgan fingerprint density at radius 2 is 2.00 bits per heavy atom. The minimum absolute atomic E-state index is 0.0662. The maximum absolute atomic E-state index is 11.5. The Kier molecular flexibility index (Phi) is 3.80. The molecule has 0 spiro atoms. The molecule has 0 atom stereocenters. The number of piperidine rings is 1. The molecular formula is C12H13NO2. The first-order valence-corrected chi connectivity index (χ1v) is 4.68. The van der Waals surface area contributed by atoms with E-state index < -0.39 is 0 Å². The molecule has 0 unspecified atom stereocenters. The molecule has 1 saturated heterocycles. The number of rotatable bonds is 2. The smallest absolute Gasteiger partial charge is 0.252 e. The van der Waals surface area contributed by atoms with Crippen LogP contribution in [-0.4, -0.2) is 18.2 Å². The molecule has 1 fully saturated rings. The fourth-order valence-electron chi connectivity index (χ4n) is 1.28. The third-order valence-corrected chi connectivity index (χ3v) is 1.98. The molecule has 1 aliphatic rings. The van der Waals surface area contributed by atoms with Crippen molar-refractivity contribution in [3.05, 3.63) is 48.1 Å². The highest BCUT2D eigenvalue weighted by Crippen LogP contribution is 2.15. The predicted octanol–water partition coefficient (Wildman–Crippen LogP) is 1.30. The van der Waals surface area contributed by atoms with E-state index in [9.17, 15) is 9.59 Å². The molecule has 0 aromatic heterocycles. The Labute approximate surface area is 88.9 Å². The summed E-state index contributed by atoms with van der Waals surface area (Å²) in [6, 6.07) is 0. The largest absolute Gasteiger partial charge is 0.345 e. The molecule has 1 heterocycles. The summed E-state index contributed by atoms with van der Waals surface area (Å²) in [6.07, 6.45) is 8.23. The zero-order valence-corrected chi connectivity index (χ0v) is 8.62. The lowest BCUT2D eigenvalue weighted by atomic mass is 9.96. The summed E-state index contributed by atoms with van der Waals surface area (Å²) < 4.78 is 0. The van der Waals surface area contributed by atoms with Gasteiger partial charge < -0.3 is 5.32 Å². The van der Waals surface area contributed by atoms with Crippen LogP contribution >= 0.6 is 0 Å². The topological polar surface area (TPSA) is 46.2 Å². The predicted molar refractivity (Wildman–Crippen MR) is 59.2 cm³/mol. The number of amides is 1. The summed E-state index contributed by atoms with van der Waals surface area (Å²) in [4.78, 5) is 23.0. The van der Waals surface area contributed by atoms with Gasteiger partial charge in [-0.25, -0.2) is 0 Å². The molecule has 15 heavy (non-hydrogen) atoms. The first-order chi connectivity index (χ1) is 7.20. The van der Waals surface area contributed by atoms with E-state index in [4.69, 9.17) is 0 Å². The first-order valence-electron chi connectivity index (χ1n) is 4.68. The van der Waals surface area contributed by atoms with Gasteiger partial charge in [0, 0.05) is 5.57 Å². The summed E-state index contributed by atoms with van der Waals surface area (Å²) in [5.74, 6) is -0.314. The number of hydrogen-bond donors (Lipinski definition) is 1.